The highest BCUT2D eigenvalue weighted by atomic mass is 16.4. The van der Waals surface area contributed by atoms with Crippen LogP contribution in [0.3, 0.4) is 0 Å². The average molecular weight is 225 g/mol. The molecule has 0 aromatic carbocycles. The van der Waals surface area contributed by atoms with E-state index in [-0.39, 0.29) is 11.8 Å². The molecule has 1 unspecified atom stereocenters. The summed E-state index contributed by atoms with van der Waals surface area (Å²) in [5.74, 6) is -1.05. The van der Waals surface area contributed by atoms with Crippen molar-refractivity contribution in [2.75, 3.05) is 0 Å². The van der Waals surface area contributed by atoms with Crippen molar-refractivity contribution in [3.8, 4) is 0 Å². The fourth-order valence-corrected chi connectivity index (χ4v) is 2.02. The number of amides is 1. The fraction of sp³-hybridized carbons (Fsp3) is 0.667. The van der Waals surface area contributed by atoms with Gasteiger partial charge < -0.3 is 10.4 Å². The third-order valence-electron chi connectivity index (χ3n) is 3.00. The Morgan fingerprint density at radius 1 is 1.44 bits per heavy atom. The molecule has 0 saturated heterocycles. The van der Waals surface area contributed by atoms with Crippen LogP contribution in [0.1, 0.15) is 38.5 Å². The van der Waals surface area contributed by atoms with Crippen molar-refractivity contribution in [2.45, 2.75) is 44.6 Å². The predicted octanol–water partition coefficient (Wildman–Crippen LogP) is 1.71. The van der Waals surface area contributed by atoms with E-state index >= 15 is 0 Å². The number of carboxylic acid groups (broad SMARTS) is 1. The lowest BCUT2D eigenvalue weighted by atomic mass is 10.1. The van der Waals surface area contributed by atoms with Crippen LogP contribution in [0.5, 0.6) is 0 Å². The van der Waals surface area contributed by atoms with E-state index < -0.39 is 12.0 Å². The summed E-state index contributed by atoms with van der Waals surface area (Å²) in [5, 5.41) is 11.5. The third kappa shape index (κ3) is 3.68. The first-order chi connectivity index (χ1) is 7.65. The molecule has 0 aliphatic heterocycles. The van der Waals surface area contributed by atoms with Crippen LogP contribution in [0.4, 0.5) is 0 Å². The zero-order valence-corrected chi connectivity index (χ0v) is 9.45. The lowest BCUT2D eigenvalue weighted by Crippen LogP contribution is -2.43. The Kier molecular flexibility index (Phi) is 5.02. The third-order valence-corrected chi connectivity index (χ3v) is 3.00. The van der Waals surface area contributed by atoms with Gasteiger partial charge in [-0.2, -0.15) is 0 Å². The number of carbonyl (C=O) groups is 2. The molecule has 4 heteroatoms. The standard InChI is InChI=1S/C12H19NO3/c1-2-3-8-10(12(15)16)13-11(14)9-6-4-5-7-9/h2,9-10H,1,3-8H2,(H,13,14)(H,15,16). The van der Waals surface area contributed by atoms with Gasteiger partial charge in [-0.1, -0.05) is 18.9 Å². The first kappa shape index (κ1) is 12.7. The minimum absolute atomic E-state index is 0.0191. The van der Waals surface area contributed by atoms with Crippen LogP contribution < -0.4 is 5.32 Å². The van der Waals surface area contributed by atoms with E-state index in [1.807, 2.05) is 0 Å². The topological polar surface area (TPSA) is 66.4 Å². The molecule has 4 nitrogen and oxygen atoms in total. The summed E-state index contributed by atoms with van der Waals surface area (Å²) in [6.45, 7) is 3.54. The molecule has 2 N–H and O–H groups in total. The number of carbonyl (C=O) groups excluding carboxylic acids is 1. The smallest absolute Gasteiger partial charge is 0.326 e. The molecule has 0 bridgehead atoms. The molecule has 0 aromatic rings. The molecule has 1 aliphatic carbocycles. The zero-order valence-electron chi connectivity index (χ0n) is 9.45. The Bertz CT molecular complexity index is 269. The van der Waals surface area contributed by atoms with Crippen molar-refractivity contribution < 1.29 is 14.7 Å². The normalized spacial score (nSPS) is 18.0. The second kappa shape index (κ2) is 6.30. The van der Waals surface area contributed by atoms with Gasteiger partial charge >= 0.3 is 5.97 Å². The Hall–Kier alpha value is -1.32. The molecular weight excluding hydrogens is 206 g/mol. The molecule has 0 radical (unpaired) electrons. The summed E-state index contributed by atoms with van der Waals surface area (Å²) in [5.41, 5.74) is 0. The van der Waals surface area contributed by atoms with Crippen LogP contribution in [-0.2, 0) is 9.59 Å². The van der Waals surface area contributed by atoms with Crippen LogP contribution in [0.15, 0.2) is 12.7 Å². The van der Waals surface area contributed by atoms with Crippen molar-refractivity contribution in [3.63, 3.8) is 0 Å². The maximum absolute atomic E-state index is 11.7. The summed E-state index contributed by atoms with van der Waals surface area (Å²) in [6, 6.07) is -0.772. The van der Waals surface area contributed by atoms with Crippen molar-refractivity contribution in [3.05, 3.63) is 12.7 Å². The van der Waals surface area contributed by atoms with Gasteiger partial charge in [-0.15, -0.1) is 6.58 Å². The van der Waals surface area contributed by atoms with Gasteiger partial charge in [0.05, 0.1) is 0 Å². The Morgan fingerprint density at radius 2 is 2.06 bits per heavy atom. The van der Waals surface area contributed by atoms with Gasteiger partial charge in [-0.3, -0.25) is 4.79 Å². The molecular formula is C12H19NO3. The number of allylic oxidation sites excluding steroid dienone is 1. The van der Waals surface area contributed by atoms with Gasteiger partial charge in [-0.05, 0) is 25.7 Å². The lowest BCUT2D eigenvalue weighted by molar-refractivity contribution is -0.142. The molecule has 0 spiro atoms. The highest BCUT2D eigenvalue weighted by Gasteiger charge is 2.26. The van der Waals surface area contributed by atoms with E-state index in [1.165, 1.54) is 0 Å². The van der Waals surface area contributed by atoms with E-state index in [1.54, 1.807) is 6.08 Å². The first-order valence-corrected chi connectivity index (χ1v) is 5.79. The molecule has 1 rings (SSSR count). The van der Waals surface area contributed by atoms with Crippen LogP contribution in [0.2, 0.25) is 0 Å². The van der Waals surface area contributed by atoms with Crippen LogP contribution in [0.25, 0.3) is 0 Å². The number of nitrogens with one attached hydrogen (secondary N) is 1. The summed E-state index contributed by atoms with van der Waals surface area (Å²) in [6.07, 6.45) is 6.60. The van der Waals surface area contributed by atoms with Gasteiger partial charge in [0.25, 0.3) is 0 Å². The van der Waals surface area contributed by atoms with Gasteiger partial charge in [0.15, 0.2) is 0 Å². The summed E-state index contributed by atoms with van der Waals surface area (Å²) >= 11 is 0. The fourth-order valence-electron chi connectivity index (χ4n) is 2.02. The SMILES string of the molecule is C=CCCC(NC(=O)C1CCCC1)C(=O)O. The quantitative estimate of drug-likeness (QED) is 0.676. The Balaban J connectivity index is 2.43. The largest absolute Gasteiger partial charge is 0.480 e. The first-order valence-electron chi connectivity index (χ1n) is 5.79. The second-order valence-electron chi connectivity index (χ2n) is 4.25. The summed E-state index contributed by atoms with van der Waals surface area (Å²) < 4.78 is 0. The maximum Gasteiger partial charge on any atom is 0.326 e. The van der Waals surface area contributed by atoms with Crippen LogP contribution >= 0.6 is 0 Å². The van der Waals surface area contributed by atoms with E-state index in [0.717, 1.165) is 25.7 Å². The van der Waals surface area contributed by atoms with Crippen LogP contribution in [0, 0.1) is 5.92 Å². The highest BCUT2D eigenvalue weighted by Crippen LogP contribution is 2.24. The second-order valence-corrected chi connectivity index (χ2v) is 4.25. The van der Waals surface area contributed by atoms with Gasteiger partial charge in [0, 0.05) is 5.92 Å². The van der Waals surface area contributed by atoms with Crippen molar-refractivity contribution >= 4 is 11.9 Å². The lowest BCUT2D eigenvalue weighted by Gasteiger charge is -2.16. The average Bonchev–Trinajstić information content (AvgIpc) is 2.76. The number of rotatable bonds is 6. The molecule has 1 fully saturated rings. The van der Waals surface area contributed by atoms with Crippen molar-refractivity contribution in [1.29, 1.82) is 0 Å². The number of carboxylic acids is 1. The summed E-state index contributed by atoms with van der Waals surface area (Å²) in [4.78, 5) is 22.6. The Morgan fingerprint density at radius 3 is 2.56 bits per heavy atom. The van der Waals surface area contributed by atoms with E-state index in [2.05, 4.69) is 11.9 Å². The van der Waals surface area contributed by atoms with Crippen molar-refractivity contribution in [1.82, 2.24) is 5.32 Å². The van der Waals surface area contributed by atoms with Gasteiger partial charge in [0.1, 0.15) is 6.04 Å². The van der Waals surface area contributed by atoms with Gasteiger partial charge in [0.2, 0.25) is 5.91 Å². The monoisotopic (exact) mass is 225 g/mol. The number of hydrogen-bond acceptors (Lipinski definition) is 2. The minimum Gasteiger partial charge on any atom is -0.480 e. The molecule has 0 heterocycles. The van der Waals surface area contributed by atoms with E-state index in [0.29, 0.717) is 12.8 Å². The maximum atomic E-state index is 11.7. The zero-order chi connectivity index (χ0) is 12.0. The van der Waals surface area contributed by atoms with Crippen LogP contribution in [-0.4, -0.2) is 23.0 Å². The molecule has 1 aliphatic rings. The molecule has 1 amide bonds. The van der Waals surface area contributed by atoms with E-state index in [9.17, 15) is 9.59 Å². The molecule has 16 heavy (non-hydrogen) atoms. The van der Waals surface area contributed by atoms with E-state index in [4.69, 9.17) is 5.11 Å². The highest BCUT2D eigenvalue weighted by molar-refractivity contribution is 5.85. The molecule has 0 aromatic heterocycles. The summed E-state index contributed by atoms with van der Waals surface area (Å²) in [7, 11) is 0. The predicted molar refractivity (Wildman–Crippen MR) is 61.0 cm³/mol. The number of aliphatic carboxylic acids is 1. The van der Waals surface area contributed by atoms with Gasteiger partial charge in [-0.25, -0.2) is 4.79 Å². The Labute approximate surface area is 95.7 Å². The minimum atomic E-state index is -0.965. The van der Waals surface area contributed by atoms with Crippen molar-refractivity contribution in [2.24, 2.45) is 5.92 Å². The molecule has 1 saturated carbocycles. The molecule has 90 valence electrons. The molecule has 1 atom stereocenters. The number of hydrogen-bond donors (Lipinski definition) is 2.